The highest BCUT2D eigenvalue weighted by atomic mass is 19.1. The predicted octanol–water partition coefficient (Wildman–Crippen LogP) is 3.36. The zero-order valence-corrected chi connectivity index (χ0v) is 12.0. The quantitative estimate of drug-likeness (QED) is 0.687. The first-order valence-electron chi connectivity index (χ1n) is 7.42. The maximum atomic E-state index is 14.1. The Labute approximate surface area is 127 Å². The number of nitrogens with zero attached hydrogens (tertiary/aromatic N) is 2. The SMILES string of the molecule is O=c1ccc2ccccc2n1N1CCCc2c(F)cccc21. The third-order valence-corrected chi connectivity index (χ3v) is 4.19. The van der Waals surface area contributed by atoms with Crippen molar-refractivity contribution in [1.29, 1.82) is 0 Å². The zero-order valence-electron chi connectivity index (χ0n) is 12.0. The number of halogens is 1. The van der Waals surface area contributed by atoms with Gasteiger partial charge in [0, 0.05) is 23.6 Å². The first kappa shape index (κ1) is 13.1. The second kappa shape index (κ2) is 4.98. The van der Waals surface area contributed by atoms with Gasteiger partial charge in [-0.15, -0.1) is 0 Å². The van der Waals surface area contributed by atoms with Crippen molar-refractivity contribution in [3.8, 4) is 0 Å². The molecule has 0 spiro atoms. The molecule has 0 N–H and O–H groups in total. The van der Waals surface area contributed by atoms with Gasteiger partial charge in [0.1, 0.15) is 5.82 Å². The Kier molecular flexibility index (Phi) is 2.96. The average Bonchev–Trinajstić information content (AvgIpc) is 2.55. The molecule has 0 saturated carbocycles. The highest BCUT2D eigenvalue weighted by Gasteiger charge is 2.22. The van der Waals surface area contributed by atoms with Crippen LogP contribution in [0.5, 0.6) is 0 Å². The molecule has 0 amide bonds. The lowest BCUT2D eigenvalue weighted by Gasteiger charge is -2.33. The predicted molar refractivity (Wildman–Crippen MR) is 85.7 cm³/mol. The Morgan fingerprint density at radius 2 is 1.82 bits per heavy atom. The van der Waals surface area contributed by atoms with Crippen LogP contribution in [0.4, 0.5) is 10.1 Å². The van der Waals surface area contributed by atoms with Crippen molar-refractivity contribution < 1.29 is 4.39 Å². The van der Waals surface area contributed by atoms with Gasteiger partial charge in [0.05, 0.1) is 11.2 Å². The first-order valence-corrected chi connectivity index (χ1v) is 7.42. The summed E-state index contributed by atoms with van der Waals surface area (Å²) in [5.74, 6) is -0.199. The second-order valence-electron chi connectivity index (χ2n) is 5.51. The van der Waals surface area contributed by atoms with Crippen LogP contribution in [-0.2, 0) is 6.42 Å². The molecule has 4 rings (SSSR count). The largest absolute Gasteiger partial charge is 0.278 e. The summed E-state index contributed by atoms with van der Waals surface area (Å²) >= 11 is 0. The summed E-state index contributed by atoms with van der Waals surface area (Å²) in [5.41, 5.74) is 2.21. The summed E-state index contributed by atoms with van der Waals surface area (Å²) in [6.07, 6.45) is 1.53. The molecule has 22 heavy (non-hydrogen) atoms. The fraction of sp³-hybridized carbons (Fsp3) is 0.167. The Morgan fingerprint density at radius 3 is 2.73 bits per heavy atom. The van der Waals surface area contributed by atoms with Gasteiger partial charge >= 0.3 is 0 Å². The van der Waals surface area contributed by atoms with Crippen LogP contribution in [0.2, 0.25) is 0 Å². The van der Waals surface area contributed by atoms with E-state index in [9.17, 15) is 9.18 Å². The topological polar surface area (TPSA) is 25.2 Å². The molecule has 0 unspecified atom stereocenters. The van der Waals surface area contributed by atoms with Crippen molar-refractivity contribution in [3.05, 3.63) is 76.3 Å². The highest BCUT2D eigenvalue weighted by Crippen LogP contribution is 2.30. The minimum absolute atomic E-state index is 0.101. The highest BCUT2D eigenvalue weighted by molar-refractivity contribution is 5.79. The molecule has 1 aliphatic heterocycles. The maximum Gasteiger partial charge on any atom is 0.269 e. The van der Waals surface area contributed by atoms with Crippen molar-refractivity contribution in [2.24, 2.45) is 0 Å². The van der Waals surface area contributed by atoms with Crippen LogP contribution in [-0.4, -0.2) is 11.2 Å². The standard InChI is InChI=1S/C18H15FN2O/c19-15-7-3-9-17-14(15)6-4-12-20(17)21-16-8-2-1-5-13(16)10-11-18(21)22/h1-3,5,7-11H,4,6,12H2. The van der Waals surface area contributed by atoms with Crippen LogP contribution >= 0.6 is 0 Å². The number of fused-ring (bicyclic) bond motifs is 2. The van der Waals surface area contributed by atoms with E-state index in [-0.39, 0.29) is 11.4 Å². The first-order chi connectivity index (χ1) is 10.8. The summed E-state index contributed by atoms with van der Waals surface area (Å²) in [6, 6.07) is 16.2. The number of aromatic nitrogens is 1. The Balaban J connectivity index is 2.00. The van der Waals surface area contributed by atoms with E-state index in [1.807, 2.05) is 41.4 Å². The summed E-state index contributed by atoms with van der Waals surface area (Å²) < 4.78 is 15.7. The molecule has 0 bridgehead atoms. The lowest BCUT2D eigenvalue weighted by molar-refractivity contribution is 0.570. The summed E-state index contributed by atoms with van der Waals surface area (Å²) in [7, 11) is 0. The van der Waals surface area contributed by atoms with Gasteiger partial charge in [-0.25, -0.2) is 9.07 Å². The molecule has 0 radical (unpaired) electrons. The van der Waals surface area contributed by atoms with Crippen LogP contribution < -0.4 is 10.6 Å². The van der Waals surface area contributed by atoms with E-state index >= 15 is 0 Å². The van der Waals surface area contributed by atoms with E-state index in [1.54, 1.807) is 16.8 Å². The van der Waals surface area contributed by atoms with Gasteiger partial charge in [0.25, 0.3) is 5.56 Å². The molecule has 3 nitrogen and oxygen atoms in total. The third kappa shape index (κ3) is 1.91. The van der Waals surface area contributed by atoms with E-state index in [1.165, 1.54) is 6.07 Å². The van der Waals surface area contributed by atoms with Crippen LogP contribution in [0.3, 0.4) is 0 Å². The smallest absolute Gasteiger partial charge is 0.269 e. The second-order valence-corrected chi connectivity index (χ2v) is 5.51. The fourth-order valence-corrected chi connectivity index (χ4v) is 3.19. The third-order valence-electron chi connectivity index (χ3n) is 4.19. The number of benzene rings is 2. The number of para-hydroxylation sites is 1. The average molecular weight is 294 g/mol. The molecule has 2 heterocycles. The number of anilines is 1. The fourth-order valence-electron chi connectivity index (χ4n) is 3.19. The minimum atomic E-state index is -0.199. The van der Waals surface area contributed by atoms with Crippen LogP contribution in [0, 0.1) is 5.82 Å². The molecule has 1 aromatic heterocycles. The van der Waals surface area contributed by atoms with Gasteiger partial charge in [-0.1, -0.05) is 24.3 Å². The number of hydrogen-bond donors (Lipinski definition) is 0. The van der Waals surface area contributed by atoms with Crippen molar-refractivity contribution in [2.75, 3.05) is 11.6 Å². The van der Waals surface area contributed by atoms with Gasteiger partial charge in [-0.3, -0.25) is 9.80 Å². The van der Waals surface area contributed by atoms with Gasteiger partial charge in [-0.2, -0.15) is 0 Å². The van der Waals surface area contributed by atoms with Crippen LogP contribution in [0.15, 0.2) is 59.4 Å². The Morgan fingerprint density at radius 1 is 0.955 bits per heavy atom. The van der Waals surface area contributed by atoms with E-state index in [0.717, 1.165) is 23.0 Å². The van der Waals surface area contributed by atoms with Gasteiger partial charge in [-0.05, 0) is 37.1 Å². The van der Waals surface area contributed by atoms with E-state index in [0.29, 0.717) is 18.5 Å². The maximum absolute atomic E-state index is 14.1. The van der Waals surface area contributed by atoms with Gasteiger partial charge in [0.15, 0.2) is 0 Å². The molecule has 0 saturated heterocycles. The molecule has 1 aliphatic rings. The van der Waals surface area contributed by atoms with Gasteiger partial charge in [0.2, 0.25) is 0 Å². The monoisotopic (exact) mass is 294 g/mol. The van der Waals surface area contributed by atoms with E-state index in [2.05, 4.69) is 0 Å². The molecular weight excluding hydrogens is 279 g/mol. The molecule has 0 aliphatic carbocycles. The Hall–Kier alpha value is -2.62. The zero-order chi connectivity index (χ0) is 15.1. The molecule has 0 atom stereocenters. The number of hydrogen-bond acceptors (Lipinski definition) is 2. The summed E-state index contributed by atoms with van der Waals surface area (Å²) in [6.45, 7) is 0.699. The normalized spacial score (nSPS) is 14.1. The lowest BCUT2D eigenvalue weighted by atomic mass is 10.0. The summed E-state index contributed by atoms with van der Waals surface area (Å²) in [4.78, 5) is 12.5. The van der Waals surface area contributed by atoms with Gasteiger partial charge < -0.3 is 0 Å². The summed E-state index contributed by atoms with van der Waals surface area (Å²) in [5, 5.41) is 2.89. The minimum Gasteiger partial charge on any atom is -0.278 e. The molecule has 2 aromatic carbocycles. The molecule has 4 heteroatoms. The molecule has 3 aromatic rings. The molecular formula is C18H15FN2O. The number of pyridine rings is 1. The van der Waals surface area contributed by atoms with Crippen molar-refractivity contribution >= 4 is 16.6 Å². The van der Waals surface area contributed by atoms with Crippen molar-refractivity contribution in [2.45, 2.75) is 12.8 Å². The van der Waals surface area contributed by atoms with E-state index in [4.69, 9.17) is 0 Å². The Bertz CT molecular complexity index is 916. The number of rotatable bonds is 1. The van der Waals surface area contributed by atoms with Crippen LogP contribution in [0.25, 0.3) is 10.9 Å². The lowest BCUT2D eigenvalue weighted by Crippen LogP contribution is -2.41. The van der Waals surface area contributed by atoms with Crippen LogP contribution in [0.1, 0.15) is 12.0 Å². The van der Waals surface area contributed by atoms with E-state index < -0.39 is 0 Å². The van der Waals surface area contributed by atoms with Crippen molar-refractivity contribution in [1.82, 2.24) is 4.68 Å². The molecule has 0 fully saturated rings. The molecule has 110 valence electrons. The van der Waals surface area contributed by atoms with Crippen molar-refractivity contribution in [3.63, 3.8) is 0 Å².